The van der Waals surface area contributed by atoms with Crippen molar-refractivity contribution in [3.63, 3.8) is 0 Å². The lowest BCUT2D eigenvalue weighted by Crippen LogP contribution is -2.00. The van der Waals surface area contributed by atoms with Gasteiger partial charge >= 0.3 is 0 Å². The molecular weight excluding hydrogens is 246 g/mol. The van der Waals surface area contributed by atoms with Crippen LogP contribution in [0.4, 0.5) is 4.39 Å². The predicted molar refractivity (Wildman–Crippen MR) is 67.5 cm³/mol. The number of benzene rings is 1. The monoisotopic (exact) mass is 256 g/mol. The molecule has 0 aromatic heterocycles. The van der Waals surface area contributed by atoms with Gasteiger partial charge in [0.1, 0.15) is 5.83 Å². The summed E-state index contributed by atoms with van der Waals surface area (Å²) in [5.41, 5.74) is 2.39. The molecule has 0 saturated carbocycles. The highest BCUT2D eigenvalue weighted by Gasteiger charge is 2.18. The fourth-order valence-electron chi connectivity index (χ4n) is 1.91. The molecule has 16 heavy (non-hydrogen) atoms. The van der Waals surface area contributed by atoms with Crippen LogP contribution >= 0.6 is 23.2 Å². The standard InChI is InChI=1S/C13H11Cl2F/c14-8-11-9(5-3-7-13(11)16)10-4-1-2-6-12(10)15/h1-2,4,6-7H,3,5,8H2. The highest BCUT2D eigenvalue weighted by Crippen LogP contribution is 2.36. The number of alkyl halides is 1. The molecule has 0 radical (unpaired) electrons. The van der Waals surface area contributed by atoms with E-state index in [1.165, 1.54) is 0 Å². The van der Waals surface area contributed by atoms with E-state index in [2.05, 4.69) is 0 Å². The van der Waals surface area contributed by atoms with Gasteiger partial charge in [-0.1, -0.05) is 29.8 Å². The minimum atomic E-state index is -0.212. The first-order valence-corrected chi connectivity index (χ1v) is 6.04. The third-order valence-electron chi connectivity index (χ3n) is 2.70. The molecular formula is C13H11Cl2F. The number of rotatable bonds is 2. The number of allylic oxidation sites excluding steroid dienone is 4. The zero-order chi connectivity index (χ0) is 11.5. The SMILES string of the molecule is FC1=CCCC(c2ccccc2Cl)=C1CCl. The molecule has 0 spiro atoms. The largest absolute Gasteiger partial charge is 0.207 e. The molecule has 0 N–H and O–H groups in total. The second kappa shape index (κ2) is 5.03. The molecule has 0 amide bonds. The Labute approximate surface area is 104 Å². The highest BCUT2D eigenvalue weighted by molar-refractivity contribution is 6.32. The fourth-order valence-corrected chi connectivity index (χ4v) is 2.45. The van der Waals surface area contributed by atoms with Gasteiger partial charge in [-0.05, 0) is 36.1 Å². The van der Waals surface area contributed by atoms with Crippen LogP contribution in [-0.4, -0.2) is 5.88 Å². The Morgan fingerprint density at radius 1 is 1.25 bits per heavy atom. The molecule has 1 aliphatic carbocycles. The summed E-state index contributed by atoms with van der Waals surface area (Å²) < 4.78 is 13.6. The lowest BCUT2D eigenvalue weighted by molar-refractivity contribution is 0.639. The van der Waals surface area contributed by atoms with Crippen LogP contribution < -0.4 is 0 Å². The van der Waals surface area contributed by atoms with Gasteiger partial charge in [0.05, 0.1) is 5.88 Å². The van der Waals surface area contributed by atoms with Crippen LogP contribution in [-0.2, 0) is 0 Å². The fraction of sp³-hybridized carbons (Fsp3) is 0.231. The Morgan fingerprint density at radius 2 is 2.00 bits per heavy atom. The van der Waals surface area contributed by atoms with E-state index in [9.17, 15) is 4.39 Å². The van der Waals surface area contributed by atoms with Gasteiger partial charge in [0.15, 0.2) is 0 Å². The summed E-state index contributed by atoms with van der Waals surface area (Å²) in [5, 5.41) is 0.648. The Kier molecular flexibility index (Phi) is 3.67. The van der Waals surface area contributed by atoms with Gasteiger partial charge < -0.3 is 0 Å². The van der Waals surface area contributed by atoms with Crippen LogP contribution in [0.5, 0.6) is 0 Å². The summed E-state index contributed by atoms with van der Waals surface area (Å²) in [7, 11) is 0. The average Bonchev–Trinajstić information content (AvgIpc) is 2.29. The van der Waals surface area contributed by atoms with Crippen molar-refractivity contribution in [1.29, 1.82) is 0 Å². The molecule has 1 aliphatic rings. The first-order valence-electron chi connectivity index (χ1n) is 5.13. The third-order valence-corrected chi connectivity index (χ3v) is 3.30. The molecule has 0 bridgehead atoms. The molecule has 2 rings (SSSR count). The third kappa shape index (κ3) is 2.16. The van der Waals surface area contributed by atoms with Crippen LogP contribution in [0.1, 0.15) is 18.4 Å². The Bertz CT molecular complexity index is 461. The molecule has 0 heterocycles. The molecule has 0 aliphatic heterocycles. The van der Waals surface area contributed by atoms with Crippen molar-refractivity contribution in [1.82, 2.24) is 0 Å². The van der Waals surface area contributed by atoms with Crippen LogP contribution in [0.3, 0.4) is 0 Å². The summed E-state index contributed by atoms with van der Waals surface area (Å²) in [5.74, 6) is -0.0285. The van der Waals surface area contributed by atoms with Crippen molar-refractivity contribution in [3.05, 3.63) is 52.3 Å². The lowest BCUT2D eigenvalue weighted by atomic mass is 9.92. The normalized spacial score (nSPS) is 16.3. The molecule has 0 atom stereocenters. The van der Waals surface area contributed by atoms with Crippen LogP contribution in [0.15, 0.2) is 41.7 Å². The summed E-state index contributed by atoms with van der Waals surface area (Å²) >= 11 is 11.9. The van der Waals surface area contributed by atoms with E-state index >= 15 is 0 Å². The lowest BCUT2D eigenvalue weighted by Gasteiger charge is -2.17. The molecule has 1 aromatic rings. The van der Waals surface area contributed by atoms with Gasteiger partial charge in [-0.3, -0.25) is 0 Å². The number of hydrogen-bond donors (Lipinski definition) is 0. The van der Waals surface area contributed by atoms with Gasteiger partial charge in [0.2, 0.25) is 0 Å². The summed E-state index contributed by atoms with van der Waals surface area (Å²) in [6.07, 6.45) is 3.07. The minimum absolute atomic E-state index is 0.183. The van der Waals surface area contributed by atoms with Gasteiger partial charge in [-0.15, -0.1) is 11.6 Å². The van der Waals surface area contributed by atoms with Crippen molar-refractivity contribution < 1.29 is 4.39 Å². The Hall–Kier alpha value is -0.790. The smallest absolute Gasteiger partial charge is 0.123 e. The Balaban J connectivity index is 2.54. The molecule has 0 nitrogen and oxygen atoms in total. The van der Waals surface area contributed by atoms with E-state index in [0.29, 0.717) is 17.0 Å². The first kappa shape index (κ1) is 11.7. The van der Waals surface area contributed by atoms with E-state index in [1.54, 1.807) is 6.08 Å². The zero-order valence-corrected chi connectivity index (χ0v) is 10.2. The van der Waals surface area contributed by atoms with Crippen molar-refractivity contribution >= 4 is 28.8 Å². The summed E-state index contributed by atoms with van der Waals surface area (Å²) in [6, 6.07) is 7.48. The topological polar surface area (TPSA) is 0 Å². The van der Waals surface area contributed by atoms with E-state index in [1.807, 2.05) is 24.3 Å². The second-order valence-electron chi connectivity index (χ2n) is 3.66. The van der Waals surface area contributed by atoms with Gasteiger partial charge in [-0.2, -0.15) is 0 Å². The van der Waals surface area contributed by atoms with Crippen molar-refractivity contribution in [2.45, 2.75) is 12.8 Å². The van der Waals surface area contributed by atoms with Gasteiger partial charge in [0, 0.05) is 10.6 Å². The van der Waals surface area contributed by atoms with Crippen molar-refractivity contribution in [3.8, 4) is 0 Å². The molecule has 0 unspecified atom stereocenters. The summed E-state index contributed by atoms with van der Waals surface area (Å²) in [6.45, 7) is 0. The number of hydrogen-bond acceptors (Lipinski definition) is 0. The maximum atomic E-state index is 13.6. The van der Waals surface area contributed by atoms with Crippen LogP contribution in [0.2, 0.25) is 5.02 Å². The second-order valence-corrected chi connectivity index (χ2v) is 4.34. The van der Waals surface area contributed by atoms with Crippen LogP contribution in [0.25, 0.3) is 5.57 Å². The van der Waals surface area contributed by atoms with Crippen LogP contribution in [0, 0.1) is 0 Å². The molecule has 1 aromatic carbocycles. The van der Waals surface area contributed by atoms with Crippen molar-refractivity contribution in [2.24, 2.45) is 0 Å². The van der Waals surface area contributed by atoms with E-state index in [-0.39, 0.29) is 11.7 Å². The van der Waals surface area contributed by atoms with Crippen molar-refractivity contribution in [2.75, 3.05) is 5.88 Å². The van der Waals surface area contributed by atoms with Gasteiger partial charge in [0.25, 0.3) is 0 Å². The Morgan fingerprint density at radius 3 is 2.69 bits per heavy atom. The predicted octanol–water partition coefficient (Wildman–Crippen LogP) is 4.98. The van der Waals surface area contributed by atoms with E-state index < -0.39 is 0 Å². The van der Waals surface area contributed by atoms with E-state index in [4.69, 9.17) is 23.2 Å². The quantitative estimate of drug-likeness (QED) is 0.655. The average molecular weight is 257 g/mol. The maximum Gasteiger partial charge on any atom is 0.123 e. The summed E-state index contributed by atoms with van der Waals surface area (Å²) in [4.78, 5) is 0. The molecule has 0 fully saturated rings. The molecule has 0 saturated heterocycles. The van der Waals surface area contributed by atoms with E-state index in [0.717, 1.165) is 17.6 Å². The van der Waals surface area contributed by atoms with Gasteiger partial charge in [-0.25, -0.2) is 4.39 Å². The first-order chi connectivity index (χ1) is 7.74. The number of halogens is 3. The molecule has 3 heteroatoms. The zero-order valence-electron chi connectivity index (χ0n) is 8.64. The minimum Gasteiger partial charge on any atom is -0.207 e. The molecule has 84 valence electrons. The maximum absolute atomic E-state index is 13.6. The highest BCUT2D eigenvalue weighted by atomic mass is 35.5.